The Balaban J connectivity index is 1.45. The van der Waals surface area contributed by atoms with E-state index in [1.165, 1.54) is 17.5 Å². The standard InChI is InChI=1S/C25H33NO3/c1-23(2)12-13-25(29-22(23)28)11-9-20-19-7-4-15-14-16(21(26)27)5-6-17(15)18(19)8-10-24(20,25)3/h5-6,14,18-20H,4,7-13H2,1-3H3,(H2,26,27)/t18?,19?,20?,24?,25-/m1/s1. The van der Waals surface area contributed by atoms with E-state index in [4.69, 9.17) is 10.5 Å². The molecular weight excluding hydrogens is 362 g/mol. The summed E-state index contributed by atoms with van der Waals surface area (Å²) in [4.78, 5) is 24.4. The second kappa shape index (κ2) is 6.09. The summed E-state index contributed by atoms with van der Waals surface area (Å²) < 4.78 is 6.32. The second-order valence-corrected chi connectivity index (χ2v) is 11.0. The van der Waals surface area contributed by atoms with Crippen molar-refractivity contribution in [2.75, 3.05) is 0 Å². The highest BCUT2D eigenvalue weighted by molar-refractivity contribution is 5.93. The van der Waals surface area contributed by atoms with Crippen LogP contribution in [0.5, 0.6) is 0 Å². The average molecular weight is 396 g/mol. The van der Waals surface area contributed by atoms with Crippen LogP contribution in [-0.4, -0.2) is 17.5 Å². The molecule has 1 aliphatic heterocycles. The number of fused-ring (bicyclic) bond motifs is 6. The normalized spacial score (nSPS) is 40.0. The van der Waals surface area contributed by atoms with Crippen LogP contribution in [0.25, 0.3) is 0 Å². The van der Waals surface area contributed by atoms with Gasteiger partial charge in [-0.3, -0.25) is 9.59 Å². The molecule has 5 rings (SSSR count). The van der Waals surface area contributed by atoms with Gasteiger partial charge in [-0.15, -0.1) is 0 Å². The number of primary amides is 1. The lowest BCUT2D eigenvalue weighted by molar-refractivity contribution is -0.206. The van der Waals surface area contributed by atoms with E-state index < -0.39 is 0 Å². The zero-order valence-electron chi connectivity index (χ0n) is 17.9. The Kier molecular flexibility index (Phi) is 4.02. The number of amides is 1. The van der Waals surface area contributed by atoms with Crippen LogP contribution in [0.3, 0.4) is 0 Å². The summed E-state index contributed by atoms with van der Waals surface area (Å²) in [6.07, 6.45) is 8.56. The van der Waals surface area contributed by atoms with Gasteiger partial charge < -0.3 is 10.5 Å². The number of rotatable bonds is 1. The van der Waals surface area contributed by atoms with Gasteiger partial charge in [-0.1, -0.05) is 13.0 Å². The van der Waals surface area contributed by atoms with Crippen molar-refractivity contribution in [3.05, 3.63) is 34.9 Å². The molecule has 4 nitrogen and oxygen atoms in total. The summed E-state index contributed by atoms with van der Waals surface area (Å²) in [6.45, 7) is 6.46. The van der Waals surface area contributed by atoms with Gasteiger partial charge in [0, 0.05) is 11.0 Å². The molecule has 4 unspecified atom stereocenters. The Bertz CT molecular complexity index is 890. The summed E-state index contributed by atoms with van der Waals surface area (Å²) in [5.74, 6) is 1.48. The molecule has 1 aromatic rings. The zero-order chi connectivity index (χ0) is 20.6. The summed E-state index contributed by atoms with van der Waals surface area (Å²) in [5.41, 5.74) is 8.34. The molecule has 0 radical (unpaired) electrons. The molecule has 5 atom stereocenters. The van der Waals surface area contributed by atoms with Gasteiger partial charge in [0.2, 0.25) is 5.91 Å². The minimum atomic E-state index is -0.348. The molecule has 1 heterocycles. The number of hydrogen-bond acceptors (Lipinski definition) is 3. The maximum absolute atomic E-state index is 12.8. The van der Waals surface area contributed by atoms with Gasteiger partial charge in [0.15, 0.2) is 0 Å². The first-order valence-electron chi connectivity index (χ1n) is 11.3. The summed E-state index contributed by atoms with van der Waals surface area (Å²) in [6, 6.07) is 6.07. The molecule has 4 aliphatic rings. The number of carbonyl (C=O) groups excluding carboxylic acids is 2. The highest BCUT2D eigenvalue weighted by atomic mass is 16.6. The van der Waals surface area contributed by atoms with Crippen molar-refractivity contribution in [1.29, 1.82) is 0 Å². The fourth-order valence-electron chi connectivity index (χ4n) is 7.39. The van der Waals surface area contributed by atoms with Crippen molar-refractivity contribution in [1.82, 2.24) is 0 Å². The number of carbonyl (C=O) groups is 2. The van der Waals surface area contributed by atoms with E-state index in [0.29, 0.717) is 23.3 Å². The molecule has 0 bridgehead atoms. The van der Waals surface area contributed by atoms with Crippen molar-refractivity contribution in [3.8, 4) is 0 Å². The quantitative estimate of drug-likeness (QED) is 0.698. The largest absolute Gasteiger partial charge is 0.458 e. The monoisotopic (exact) mass is 395 g/mol. The molecule has 1 amide bonds. The van der Waals surface area contributed by atoms with Crippen molar-refractivity contribution in [3.63, 3.8) is 0 Å². The first kappa shape index (κ1) is 19.1. The number of esters is 1. The molecule has 3 aliphatic carbocycles. The molecule has 156 valence electrons. The summed E-state index contributed by atoms with van der Waals surface area (Å²) >= 11 is 0. The molecule has 3 fully saturated rings. The van der Waals surface area contributed by atoms with Gasteiger partial charge in [-0.05, 0) is 106 Å². The number of hydrogen-bond donors (Lipinski definition) is 1. The smallest absolute Gasteiger partial charge is 0.312 e. The highest BCUT2D eigenvalue weighted by Gasteiger charge is 2.65. The Hall–Kier alpha value is -1.84. The molecule has 1 aromatic carbocycles. The first-order chi connectivity index (χ1) is 13.7. The van der Waals surface area contributed by atoms with Crippen LogP contribution in [-0.2, 0) is 16.0 Å². The van der Waals surface area contributed by atoms with Crippen molar-refractivity contribution >= 4 is 11.9 Å². The van der Waals surface area contributed by atoms with Crippen LogP contribution in [0.2, 0.25) is 0 Å². The van der Waals surface area contributed by atoms with Gasteiger partial charge in [0.05, 0.1) is 5.41 Å². The van der Waals surface area contributed by atoms with Crippen LogP contribution in [0.1, 0.15) is 93.1 Å². The Morgan fingerprint density at radius 3 is 2.59 bits per heavy atom. The fourth-order valence-corrected chi connectivity index (χ4v) is 7.39. The second-order valence-electron chi connectivity index (χ2n) is 11.0. The Morgan fingerprint density at radius 1 is 1.07 bits per heavy atom. The third kappa shape index (κ3) is 2.56. The van der Waals surface area contributed by atoms with E-state index in [2.05, 4.69) is 13.0 Å². The maximum atomic E-state index is 12.8. The van der Waals surface area contributed by atoms with Crippen LogP contribution in [0.15, 0.2) is 18.2 Å². The minimum Gasteiger partial charge on any atom is -0.458 e. The number of ether oxygens (including phenoxy) is 1. The topological polar surface area (TPSA) is 69.4 Å². The number of benzene rings is 1. The van der Waals surface area contributed by atoms with E-state index in [0.717, 1.165) is 44.9 Å². The average Bonchev–Trinajstić information content (AvgIpc) is 2.97. The lowest BCUT2D eigenvalue weighted by Gasteiger charge is -2.56. The maximum Gasteiger partial charge on any atom is 0.312 e. The van der Waals surface area contributed by atoms with E-state index in [9.17, 15) is 9.59 Å². The molecule has 29 heavy (non-hydrogen) atoms. The third-order valence-corrected chi connectivity index (χ3v) is 9.30. The number of nitrogens with two attached hydrogens (primary N) is 1. The molecule has 2 N–H and O–H groups in total. The van der Waals surface area contributed by atoms with Crippen LogP contribution in [0, 0.1) is 22.7 Å². The lowest BCUT2D eigenvalue weighted by atomic mass is 9.52. The fraction of sp³-hybridized carbons (Fsp3) is 0.680. The van der Waals surface area contributed by atoms with Crippen LogP contribution >= 0.6 is 0 Å². The minimum absolute atomic E-state index is 0.000666. The summed E-state index contributed by atoms with van der Waals surface area (Å²) in [7, 11) is 0. The first-order valence-corrected chi connectivity index (χ1v) is 11.3. The van der Waals surface area contributed by atoms with E-state index in [1.807, 2.05) is 26.0 Å². The van der Waals surface area contributed by atoms with Gasteiger partial charge in [-0.2, -0.15) is 0 Å². The highest BCUT2D eigenvalue weighted by Crippen LogP contribution is 2.67. The predicted octanol–water partition coefficient (Wildman–Crippen LogP) is 4.74. The SMILES string of the molecule is CC1(C)CC[C@@]2(CCC3C4CCc5cc(C(N)=O)ccc5C4CCC32C)OC1=O. The molecule has 4 heteroatoms. The van der Waals surface area contributed by atoms with Crippen molar-refractivity contribution in [2.45, 2.75) is 83.7 Å². The van der Waals surface area contributed by atoms with E-state index in [-0.39, 0.29) is 28.3 Å². The van der Waals surface area contributed by atoms with Gasteiger partial charge in [0.25, 0.3) is 0 Å². The molecule has 1 spiro atoms. The van der Waals surface area contributed by atoms with Crippen molar-refractivity contribution in [2.24, 2.45) is 28.4 Å². The number of aryl methyl sites for hydroxylation is 1. The Labute approximate surface area is 173 Å². The van der Waals surface area contributed by atoms with Gasteiger partial charge in [0.1, 0.15) is 5.60 Å². The van der Waals surface area contributed by atoms with E-state index >= 15 is 0 Å². The van der Waals surface area contributed by atoms with Gasteiger partial charge in [-0.25, -0.2) is 0 Å². The lowest BCUT2D eigenvalue weighted by Crippen LogP contribution is -2.56. The predicted molar refractivity (Wildman–Crippen MR) is 111 cm³/mol. The third-order valence-electron chi connectivity index (χ3n) is 9.30. The van der Waals surface area contributed by atoms with Gasteiger partial charge >= 0.3 is 5.97 Å². The van der Waals surface area contributed by atoms with Crippen molar-refractivity contribution < 1.29 is 14.3 Å². The van der Waals surface area contributed by atoms with Crippen LogP contribution < -0.4 is 5.73 Å². The van der Waals surface area contributed by atoms with Crippen LogP contribution in [0.4, 0.5) is 0 Å². The van der Waals surface area contributed by atoms with E-state index in [1.54, 1.807) is 0 Å². The summed E-state index contributed by atoms with van der Waals surface area (Å²) in [5, 5.41) is 0. The Morgan fingerprint density at radius 2 is 1.86 bits per heavy atom. The zero-order valence-corrected chi connectivity index (χ0v) is 17.9. The molecule has 0 aromatic heterocycles. The molecule has 1 saturated heterocycles. The molecule has 2 saturated carbocycles. The molecular formula is C25H33NO3.